The number of aliphatic hydroxyl groups excluding tert-OH is 1. The second kappa shape index (κ2) is 6.00. The number of H-pyrrole nitrogens is 1. The van der Waals surface area contributed by atoms with Crippen LogP contribution in [0.2, 0.25) is 0 Å². The molecule has 0 saturated heterocycles. The first-order valence-corrected chi connectivity index (χ1v) is 6.46. The number of carbonyl (C=O) groups excluding carboxylic acids is 1. The first kappa shape index (κ1) is 13.7. The summed E-state index contributed by atoms with van der Waals surface area (Å²) in [4.78, 5) is 20.0. The quantitative estimate of drug-likeness (QED) is 0.416. The molecule has 0 spiro atoms. The third-order valence-corrected chi connectivity index (χ3v) is 2.88. The molecule has 0 aliphatic heterocycles. The second-order valence-electron chi connectivity index (χ2n) is 4.46. The molecular formula is C14H12N6O2. The number of hydrogen-bond acceptors (Lipinski definition) is 6. The Hall–Kier alpha value is -3.29. The summed E-state index contributed by atoms with van der Waals surface area (Å²) >= 11 is 0. The summed E-state index contributed by atoms with van der Waals surface area (Å²) in [7, 11) is 0. The van der Waals surface area contributed by atoms with Crippen molar-refractivity contribution in [2.45, 2.75) is 6.54 Å². The molecule has 0 aliphatic carbocycles. The van der Waals surface area contributed by atoms with Crippen LogP contribution in [0.25, 0.3) is 5.76 Å². The number of rotatable bonds is 5. The predicted octanol–water partition coefficient (Wildman–Crippen LogP) is 1.23. The predicted molar refractivity (Wildman–Crippen MR) is 76.9 cm³/mol. The summed E-state index contributed by atoms with van der Waals surface area (Å²) < 4.78 is 1.60. The van der Waals surface area contributed by atoms with Crippen molar-refractivity contribution in [1.82, 2.24) is 29.9 Å². The molecule has 0 fully saturated rings. The average molecular weight is 296 g/mol. The zero-order chi connectivity index (χ0) is 15.4. The fourth-order valence-corrected chi connectivity index (χ4v) is 1.84. The Balaban J connectivity index is 1.73. The van der Waals surface area contributed by atoms with Gasteiger partial charge in [-0.05, 0) is 12.1 Å². The fourth-order valence-electron chi connectivity index (χ4n) is 1.84. The highest BCUT2D eigenvalue weighted by atomic mass is 16.3. The van der Waals surface area contributed by atoms with E-state index in [0.29, 0.717) is 12.1 Å². The fraction of sp³-hybridized carbons (Fsp3) is 0.0714. The standard InChI is InChI=1S/C14H12N6O2/c21-12(5-13(22)14-16-9-17-19-14)10-6-18-20(7-10)8-11-3-1-2-4-15-11/h1-7,9,22H,8H2,(H,16,17,19). The minimum Gasteiger partial charge on any atom is -0.504 e. The Bertz CT molecular complexity index is 792. The number of aromatic nitrogens is 6. The smallest absolute Gasteiger partial charge is 0.215 e. The number of hydrogen-bond donors (Lipinski definition) is 2. The van der Waals surface area contributed by atoms with E-state index in [4.69, 9.17) is 0 Å². The van der Waals surface area contributed by atoms with Gasteiger partial charge in [-0.25, -0.2) is 4.98 Å². The van der Waals surface area contributed by atoms with Crippen molar-refractivity contribution in [3.05, 3.63) is 66.3 Å². The molecule has 3 aromatic heterocycles. The zero-order valence-electron chi connectivity index (χ0n) is 11.4. The molecule has 0 atom stereocenters. The molecule has 8 nitrogen and oxygen atoms in total. The number of carbonyl (C=O) groups is 1. The largest absolute Gasteiger partial charge is 0.504 e. The lowest BCUT2D eigenvalue weighted by molar-refractivity contribution is 0.104. The molecule has 0 radical (unpaired) electrons. The zero-order valence-corrected chi connectivity index (χ0v) is 11.4. The van der Waals surface area contributed by atoms with Crippen molar-refractivity contribution in [2.24, 2.45) is 0 Å². The minimum atomic E-state index is -0.380. The third-order valence-electron chi connectivity index (χ3n) is 2.88. The van der Waals surface area contributed by atoms with Gasteiger partial charge < -0.3 is 5.11 Å². The third kappa shape index (κ3) is 3.06. The number of allylic oxidation sites excluding steroid dienone is 1. The van der Waals surface area contributed by atoms with E-state index in [1.54, 1.807) is 17.1 Å². The van der Waals surface area contributed by atoms with Gasteiger partial charge in [0.2, 0.25) is 5.82 Å². The summed E-state index contributed by atoms with van der Waals surface area (Å²) in [5.41, 5.74) is 1.20. The van der Waals surface area contributed by atoms with Crippen LogP contribution < -0.4 is 0 Å². The van der Waals surface area contributed by atoms with Gasteiger partial charge in [0.05, 0.1) is 24.0 Å². The molecule has 0 unspecified atom stereocenters. The molecule has 3 aromatic rings. The van der Waals surface area contributed by atoms with Crippen molar-refractivity contribution in [3.63, 3.8) is 0 Å². The van der Waals surface area contributed by atoms with E-state index >= 15 is 0 Å². The van der Waals surface area contributed by atoms with Crippen LogP contribution in [-0.4, -0.2) is 40.8 Å². The molecule has 2 N–H and O–H groups in total. The normalized spacial score (nSPS) is 11.5. The monoisotopic (exact) mass is 296 g/mol. The van der Waals surface area contributed by atoms with Crippen molar-refractivity contribution in [2.75, 3.05) is 0 Å². The summed E-state index contributed by atoms with van der Waals surface area (Å²) in [5, 5.41) is 20.0. The topological polar surface area (TPSA) is 110 Å². The van der Waals surface area contributed by atoms with Crippen LogP contribution in [0.3, 0.4) is 0 Å². The first-order valence-electron chi connectivity index (χ1n) is 6.46. The summed E-state index contributed by atoms with van der Waals surface area (Å²) in [6.45, 7) is 0.463. The Kier molecular flexibility index (Phi) is 3.73. The summed E-state index contributed by atoms with van der Waals surface area (Å²) in [5.74, 6) is -0.618. The maximum Gasteiger partial charge on any atom is 0.215 e. The molecular weight excluding hydrogens is 284 g/mol. The van der Waals surface area contributed by atoms with Crippen LogP contribution >= 0.6 is 0 Å². The highest BCUT2D eigenvalue weighted by Gasteiger charge is 2.11. The molecule has 3 rings (SSSR count). The summed E-state index contributed by atoms with van der Waals surface area (Å²) in [6.07, 6.45) is 7.11. The molecule has 0 aromatic carbocycles. The van der Waals surface area contributed by atoms with Crippen molar-refractivity contribution in [3.8, 4) is 0 Å². The number of nitrogens with one attached hydrogen (secondary N) is 1. The Morgan fingerprint density at radius 2 is 2.27 bits per heavy atom. The van der Waals surface area contributed by atoms with Crippen LogP contribution in [0, 0.1) is 0 Å². The Morgan fingerprint density at radius 1 is 1.36 bits per heavy atom. The van der Waals surface area contributed by atoms with E-state index in [-0.39, 0.29) is 17.4 Å². The first-order chi connectivity index (χ1) is 10.7. The Morgan fingerprint density at radius 3 is 3.00 bits per heavy atom. The van der Waals surface area contributed by atoms with Gasteiger partial charge in [0.25, 0.3) is 0 Å². The van der Waals surface area contributed by atoms with E-state index in [0.717, 1.165) is 11.8 Å². The summed E-state index contributed by atoms with van der Waals surface area (Å²) in [6, 6.07) is 5.59. The van der Waals surface area contributed by atoms with Gasteiger partial charge in [0.1, 0.15) is 6.33 Å². The number of pyridine rings is 1. The van der Waals surface area contributed by atoms with Crippen LogP contribution in [0.5, 0.6) is 0 Å². The Labute approximate surface area is 125 Å². The van der Waals surface area contributed by atoms with Gasteiger partial charge in [0.15, 0.2) is 11.5 Å². The number of nitrogens with zero attached hydrogens (tertiary/aromatic N) is 5. The lowest BCUT2D eigenvalue weighted by Crippen LogP contribution is -2.02. The second-order valence-corrected chi connectivity index (χ2v) is 4.46. The van der Waals surface area contributed by atoms with E-state index in [2.05, 4.69) is 25.3 Å². The highest BCUT2D eigenvalue weighted by molar-refractivity contribution is 6.07. The number of ketones is 1. The van der Waals surface area contributed by atoms with Gasteiger partial charge in [-0.2, -0.15) is 10.2 Å². The number of aliphatic hydroxyl groups is 1. The molecule has 0 aliphatic rings. The maximum atomic E-state index is 12.0. The van der Waals surface area contributed by atoms with E-state index < -0.39 is 0 Å². The molecule has 8 heteroatoms. The molecule has 3 heterocycles. The molecule has 22 heavy (non-hydrogen) atoms. The van der Waals surface area contributed by atoms with Crippen molar-refractivity contribution in [1.29, 1.82) is 0 Å². The SMILES string of the molecule is O=C(C=C(O)c1nc[nH]n1)c1cnn(Cc2ccccn2)c1. The highest BCUT2D eigenvalue weighted by Crippen LogP contribution is 2.08. The average Bonchev–Trinajstić information content (AvgIpc) is 3.19. The molecule has 0 saturated carbocycles. The minimum absolute atomic E-state index is 0.0641. The van der Waals surface area contributed by atoms with Crippen LogP contribution in [0.4, 0.5) is 0 Å². The van der Waals surface area contributed by atoms with E-state index in [1.807, 2.05) is 18.2 Å². The molecule has 110 valence electrons. The van der Waals surface area contributed by atoms with Crippen LogP contribution in [0.15, 0.2) is 49.2 Å². The van der Waals surface area contributed by atoms with Crippen molar-refractivity contribution >= 4 is 11.5 Å². The van der Waals surface area contributed by atoms with Crippen LogP contribution in [0.1, 0.15) is 21.9 Å². The molecule has 0 bridgehead atoms. The van der Waals surface area contributed by atoms with E-state index in [1.165, 1.54) is 12.5 Å². The van der Waals surface area contributed by atoms with Gasteiger partial charge in [-0.15, -0.1) is 0 Å². The van der Waals surface area contributed by atoms with Gasteiger partial charge in [-0.1, -0.05) is 6.07 Å². The van der Waals surface area contributed by atoms with Crippen molar-refractivity contribution < 1.29 is 9.90 Å². The lowest BCUT2D eigenvalue weighted by atomic mass is 10.2. The van der Waals surface area contributed by atoms with Crippen LogP contribution in [-0.2, 0) is 6.54 Å². The maximum absolute atomic E-state index is 12.0. The van der Waals surface area contributed by atoms with E-state index in [9.17, 15) is 9.90 Å². The molecule has 0 amide bonds. The van der Waals surface area contributed by atoms with Gasteiger partial charge in [-0.3, -0.25) is 19.6 Å². The van der Waals surface area contributed by atoms with Gasteiger partial charge in [0, 0.05) is 18.5 Å². The lowest BCUT2D eigenvalue weighted by Gasteiger charge is -1.99. The number of aromatic amines is 1. The van der Waals surface area contributed by atoms with Gasteiger partial charge >= 0.3 is 0 Å².